The van der Waals surface area contributed by atoms with E-state index in [1.54, 1.807) is 0 Å². The molecule has 0 saturated heterocycles. The van der Waals surface area contributed by atoms with Crippen LogP contribution in [0.3, 0.4) is 0 Å². The minimum atomic E-state index is -1.85. The second-order valence-electron chi connectivity index (χ2n) is 0.985. The molecular formula is C3HCl3N2. The summed E-state index contributed by atoms with van der Waals surface area (Å²) in [6.07, 6.45) is 0. The van der Waals surface area contributed by atoms with Crippen LogP contribution in [0, 0.1) is 16.7 Å². The Bertz CT molecular complexity index is 140. The zero-order chi connectivity index (χ0) is 6.78. The molecule has 0 spiro atoms. The molecule has 0 aliphatic rings. The number of rotatable bonds is 0. The maximum absolute atomic E-state index is 7.94. The fourth-order valence-corrected chi connectivity index (χ4v) is 0.190. The van der Waals surface area contributed by atoms with Gasteiger partial charge in [0.2, 0.25) is 3.79 Å². The number of nitrogens with one attached hydrogen (secondary N) is 1. The van der Waals surface area contributed by atoms with Gasteiger partial charge in [0.1, 0.15) is 6.07 Å². The van der Waals surface area contributed by atoms with Gasteiger partial charge in [0.15, 0.2) is 5.71 Å². The fourth-order valence-electron chi connectivity index (χ4n) is 0.0634. The summed E-state index contributed by atoms with van der Waals surface area (Å²) in [5.41, 5.74) is -0.567. The van der Waals surface area contributed by atoms with E-state index >= 15 is 0 Å². The molecule has 8 heavy (non-hydrogen) atoms. The van der Waals surface area contributed by atoms with Crippen LogP contribution in [0.5, 0.6) is 0 Å². The summed E-state index contributed by atoms with van der Waals surface area (Å²) in [7, 11) is 0. The number of hydrogen-bond donors (Lipinski definition) is 1. The second kappa shape index (κ2) is 2.54. The molecule has 0 fully saturated rings. The third-order valence-corrected chi connectivity index (χ3v) is 0.962. The van der Waals surface area contributed by atoms with Crippen molar-refractivity contribution in [3.05, 3.63) is 0 Å². The molecule has 0 aromatic carbocycles. The number of nitrogens with zero attached hydrogens (tertiary/aromatic N) is 1. The van der Waals surface area contributed by atoms with Crippen LogP contribution in [-0.4, -0.2) is 9.50 Å². The molecule has 2 nitrogen and oxygen atoms in total. The molecular weight excluding hydrogens is 170 g/mol. The van der Waals surface area contributed by atoms with Crippen molar-refractivity contribution in [2.75, 3.05) is 0 Å². The standard InChI is InChI=1S/C3HCl3N2/c4-3(5,6)2(8)1-7/h8H. The van der Waals surface area contributed by atoms with E-state index in [-0.39, 0.29) is 0 Å². The van der Waals surface area contributed by atoms with Gasteiger partial charge in [0.25, 0.3) is 0 Å². The fraction of sp³-hybridized carbons (Fsp3) is 0.333. The Kier molecular flexibility index (Phi) is 2.55. The van der Waals surface area contributed by atoms with Crippen molar-refractivity contribution >= 4 is 40.5 Å². The van der Waals surface area contributed by atoms with E-state index in [1.807, 2.05) is 0 Å². The SMILES string of the molecule is N#CC(=N)C(Cl)(Cl)Cl. The number of nitriles is 1. The zero-order valence-corrected chi connectivity index (χ0v) is 5.85. The van der Waals surface area contributed by atoms with Gasteiger partial charge in [0.05, 0.1) is 0 Å². The highest BCUT2D eigenvalue weighted by Crippen LogP contribution is 2.26. The summed E-state index contributed by atoms with van der Waals surface area (Å²) in [6, 6.07) is 1.39. The van der Waals surface area contributed by atoms with E-state index in [0.29, 0.717) is 0 Å². The lowest BCUT2D eigenvalue weighted by molar-refractivity contribution is 1.40. The first-order valence-corrected chi connectivity index (χ1v) is 2.67. The summed E-state index contributed by atoms with van der Waals surface area (Å²) >= 11 is 15.2. The van der Waals surface area contributed by atoms with Crippen LogP contribution in [0.15, 0.2) is 0 Å². The molecule has 0 aromatic heterocycles. The van der Waals surface area contributed by atoms with Crippen molar-refractivity contribution in [2.24, 2.45) is 0 Å². The Labute approximate surface area is 61.5 Å². The maximum Gasteiger partial charge on any atom is 0.241 e. The smallest absolute Gasteiger partial charge is 0.241 e. The van der Waals surface area contributed by atoms with E-state index in [1.165, 1.54) is 6.07 Å². The van der Waals surface area contributed by atoms with Crippen LogP contribution >= 0.6 is 34.8 Å². The Hall–Kier alpha value is 0.0300. The van der Waals surface area contributed by atoms with Gasteiger partial charge in [0, 0.05) is 0 Å². The number of alkyl halides is 3. The molecule has 0 saturated carbocycles. The van der Waals surface area contributed by atoms with Crippen molar-refractivity contribution in [3.63, 3.8) is 0 Å². The Morgan fingerprint density at radius 2 is 1.88 bits per heavy atom. The van der Waals surface area contributed by atoms with Crippen LogP contribution in [-0.2, 0) is 0 Å². The lowest BCUT2D eigenvalue weighted by Crippen LogP contribution is -2.14. The van der Waals surface area contributed by atoms with Crippen LogP contribution in [0.25, 0.3) is 0 Å². The van der Waals surface area contributed by atoms with E-state index in [9.17, 15) is 0 Å². The molecule has 44 valence electrons. The molecule has 0 heterocycles. The van der Waals surface area contributed by atoms with Gasteiger partial charge < -0.3 is 0 Å². The molecule has 0 aliphatic carbocycles. The minimum absolute atomic E-state index is 0.567. The summed E-state index contributed by atoms with van der Waals surface area (Å²) in [5.74, 6) is 0. The quantitative estimate of drug-likeness (QED) is 0.439. The van der Waals surface area contributed by atoms with Crippen molar-refractivity contribution in [2.45, 2.75) is 3.79 Å². The number of halogens is 3. The normalized spacial score (nSPS) is 10.2. The van der Waals surface area contributed by atoms with Crippen molar-refractivity contribution < 1.29 is 0 Å². The molecule has 0 unspecified atom stereocenters. The first-order chi connectivity index (χ1) is 3.48. The first-order valence-electron chi connectivity index (χ1n) is 1.54. The predicted octanol–water partition coefficient (Wildman–Crippen LogP) is 1.90. The minimum Gasteiger partial charge on any atom is -0.291 e. The van der Waals surface area contributed by atoms with Gasteiger partial charge in [-0.05, 0) is 0 Å². The summed E-state index contributed by atoms with van der Waals surface area (Å²) in [6.45, 7) is 0. The second-order valence-corrected chi connectivity index (χ2v) is 3.27. The molecule has 1 N–H and O–H groups in total. The van der Waals surface area contributed by atoms with E-state index in [2.05, 4.69) is 0 Å². The van der Waals surface area contributed by atoms with Crippen LogP contribution < -0.4 is 0 Å². The Morgan fingerprint density at radius 1 is 1.50 bits per heavy atom. The molecule has 5 heteroatoms. The molecule has 0 amide bonds. The Morgan fingerprint density at radius 3 is 1.88 bits per heavy atom. The maximum atomic E-state index is 7.94. The molecule has 0 aliphatic heterocycles. The Balaban J connectivity index is 4.09. The highest BCUT2D eigenvalue weighted by atomic mass is 35.6. The van der Waals surface area contributed by atoms with Crippen LogP contribution in [0.4, 0.5) is 0 Å². The van der Waals surface area contributed by atoms with E-state index in [0.717, 1.165) is 0 Å². The van der Waals surface area contributed by atoms with Crippen molar-refractivity contribution in [3.8, 4) is 6.07 Å². The van der Waals surface area contributed by atoms with Crippen LogP contribution in [0.2, 0.25) is 0 Å². The van der Waals surface area contributed by atoms with Crippen LogP contribution in [0.1, 0.15) is 0 Å². The van der Waals surface area contributed by atoms with Crippen molar-refractivity contribution in [1.29, 1.82) is 10.7 Å². The van der Waals surface area contributed by atoms with Gasteiger partial charge in [-0.3, -0.25) is 5.41 Å². The van der Waals surface area contributed by atoms with Gasteiger partial charge in [-0.15, -0.1) is 0 Å². The molecule has 0 rings (SSSR count). The predicted molar refractivity (Wildman–Crippen MR) is 33.6 cm³/mol. The third-order valence-electron chi connectivity index (χ3n) is 0.395. The average Bonchev–Trinajstić information content (AvgIpc) is 1.62. The summed E-state index contributed by atoms with van der Waals surface area (Å²) in [4.78, 5) is 0. The summed E-state index contributed by atoms with van der Waals surface area (Å²) < 4.78 is -1.85. The van der Waals surface area contributed by atoms with Crippen molar-refractivity contribution in [1.82, 2.24) is 0 Å². The van der Waals surface area contributed by atoms with Gasteiger partial charge in [-0.2, -0.15) is 5.26 Å². The zero-order valence-electron chi connectivity index (χ0n) is 3.58. The lowest BCUT2D eigenvalue weighted by Gasteiger charge is -2.02. The van der Waals surface area contributed by atoms with Gasteiger partial charge in [-0.25, -0.2) is 0 Å². The largest absolute Gasteiger partial charge is 0.291 e. The van der Waals surface area contributed by atoms with Gasteiger partial charge >= 0.3 is 0 Å². The first kappa shape index (κ1) is 8.03. The number of hydrogen-bond acceptors (Lipinski definition) is 2. The highest BCUT2D eigenvalue weighted by Gasteiger charge is 2.25. The highest BCUT2D eigenvalue weighted by molar-refractivity contribution is 6.77. The molecule has 0 radical (unpaired) electrons. The third kappa shape index (κ3) is 2.37. The molecule has 0 atom stereocenters. The van der Waals surface area contributed by atoms with E-state index < -0.39 is 9.50 Å². The molecule has 0 aromatic rings. The average molecular weight is 171 g/mol. The van der Waals surface area contributed by atoms with E-state index in [4.69, 9.17) is 45.5 Å². The summed E-state index contributed by atoms with van der Waals surface area (Å²) in [5, 5.41) is 14.6. The molecule has 0 bridgehead atoms. The topological polar surface area (TPSA) is 47.6 Å². The lowest BCUT2D eigenvalue weighted by atomic mass is 10.5. The monoisotopic (exact) mass is 170 g/mol. The van der Waals surface area contributed by atoms with Gasteiger partial charge in [-0.1, -0.05) is 34.8 Å².